The molecule has 0 spiro atoms. The number of halogens is 1. The van der Waals surface area contributed by atoms with Crippen molar-refractivity contribution in [1.29, 1.82) is 0 Å². The van der Waals surface area contributed by atoms with Gasteiger partial charge in [-0.15, -0.1) is 0 Å². The average Bonchev–Trinajstić information content (AvgIpc) is 3.19. The molecule has 1 heterocycles. The van der Waals surface area contributed by atoms with E-state index in [2.05, 4.69) is 92.6 Å². The van der Waals surface area contributed by atoms with Gasteiger partial charge in [-0.1, -0.05) is 35.4 Å². The van der Waals surface area contributed by atoms with Crippen LogP contribution in [-0.4, -0.2) is 18.7 Å². The van der Waals surface area contributed by atoms with Crippen molar-refractivity contribution in [3.05, 3.63) is 94.3 Å². The number of hydrogen-bond donors (Lipinski definition) is 0. The highest BCUT2D eigenvalue weighted by Gasteiger charge is 2.25. The minimum atomic E-state index is 0. The van der Waals surface area contributed by atoms with Crippen LogP contribution in [0.3, 0.4) is 0 Å². The number of aromatic nitrogens is 2. The maximum Gasteiger partial charge on any atom is 0.433 e. The molecule has 0 amide bonds. The molecule has 0 atom stereocenters. The highest BCUT2D eigenvalue weighted by molar-refractivity contribution is 5.53. The molecule has 0 N–H and O–H groups in total. The summed E-state index contributed by atoms with van der Waals surface area (Å²) in [6.07, 6.45) is 4.15. The Kier molecular flexibility index (Phi) is 8.55. The molecule has 0 radical (unpaired) electrons. The molecule has 0 fully saturated rings. The van der Waals surface area contributed by atoms with Crippen LogP contribution in [0.25, 0.3) is 11.4 Å². The predicted octanol–water partition coefficient (Wildman–Crippen LogP) is 3.75. The summed E-state index contributed by atoms with van der Waals surface area (Å²) < 4.78 is 9.55. The van der Waals surface area contributed by atoms with Crippen molar-refractivity contribution < 1.29 is 33.3 Å². The number of imidazole rings is 1. The number of anilines is 1. The molecular formula is C29H34IN5O. The van der Waals surface area contributed by atoms with Crippen molar-refractivity contribution in [1.82, 2.24) is 4.57 Å². The molecule has 4 aromatic rings. The van der Waals surface area contributed by atoms with Crippen LogP contribution in [0.15, 0.2) is 71.3 Å². The van der Waals surface area contributed by atoms with Gasteiger partial charge in [0.05, 0.1) is 17.9 Å². The van der Waals surface area contributed by atoms with E-state index in [1.165, 1.54) is 33.4 Å². The number of benzene rings is 3. The third-order valence-corrected chi connectivity index (χ3v) is 6.26. The lowest BCUT2D eigenvalue weighted by Crippen LogP contribution is -3.00. The first-order chi connectivity index (χ1) is 16.7. The lowest BCUT2D eigenvalue weighted by Gasteiger charge is -2.12. The Balaban J connectivity index is 0.00000361. The highest BCUT2D eigenvalue weighted by atomic mass is 127. The summed E-state index contributed by atoms with van der Waals surface area (Å²) in [5, 5.41) is 11.2. The third kappa shape index (κ3) is 5.46. The van der Waals surface area contributed by atoms with Crippen molar-refractivity contribution in [2.75, 3.05) is 19.2 Å². The van der Waals surface area contributed by atoms with Crippen LogP contribution in [0.1, 0.15) is 33.4 Å². The molecule has 0 unspecified atom stereocenters. The first kappa shape index (κ1) is 27.4. The summed E-state index contributed by atoms with van der Waals surface area (Å²) in [4.78, 5) is 0. The van der Waals surface area contributed by atoms with Gasteiger partial charge in [0.2, 0.25) is 0 Å². The van der Waals surface area contributed by atoms with Crippen molar-refractivity contribution in [3.8, 4) is 17.1 Å². The molecule has 0 aliphatic carbocycles. The minimum Gasteiger partial charge on any atom is -1.00 e. The third-order valence-electron chi connectivity index (χ3n) is 6.26. The molecule has 1 aromatic heterocycles. The zero-order valence-electron chi connectivity index (χ0n) is 22.3. The summed E-state index contributed by atoms with van der Waals surface area (Å²) in [5.74, 6) is 1.54. The molecule has 4 rings (SSSR count). The van der Waals surface area contributed by atoms with Gasteiger partial charge in [0, 0.05) is 12.3 Å². The lowest BCUT2D eigenvalue weighted by atomic mass is 10.0. The fourth-order valence-corrected chi connectivity index (χ4v) is 4.89. The molecule has 6 nitrogen and oxygen atoms in total. The normalized spacial score (nSPS) is 11.0. The average molecular weight is 596 g/mol. The van der Waals surface area contributed by atoms with E-state index in [-0.39, 0.29) is 24.0 Å². The maximum atomic E-state index is 5.28. The minimum absolute atomic E-state index is 0. The van der Waals surface area contributed by atoms with Crippen LogP contribution in [0.4, 0.5) is 11.6 Å². The molecule has 3 aromatic carbocycles. The van der Waals surface area contributed by atoms with Gasteiger partial charge >= 0.3 is 5.95 Å². The van der Waals surface area contributed by atoms with Crippen LogP contribution in [0.5, 0.6) is 5.75 Å². The van der Waals surface area contributed by atoms with E-state index < -0.39 is 0 Å². The Labute approximate surface area is 231 Å². The summed E-state index contributed by atoms with van der Waals surface area (Å²) in [5.41, 5.74) is 10.4. The SMILES string of the molecule is COc1ccc(N(C)/N=N/c2n(-c3c(C)cc(C)cc3C)cc[n+]2-c2c(C)cc(C)cc2C)cc1.[I-]. The standard InChI is InChI=1S/C29H34N5O.HI/c1-19-15-21(3)27(22(4)16-19)33-13-14-34(28-23(5)17-20(2)18-24(28)6)29(33)30-31-32(7)25-9-11-26(35-8)12-10-25;/h9-18H,1-8H3;1H/q+1;/p-1. The molecular weight excluding hydrogens is 561 g/mol. The van der Waals surface area contributed by atoms with Gasteiger partial charge in [-0.05, 0) is 88.1 Å². The molecule has 0 saturated carbocycles. The van der Waals surface area contributed by atoms with Gasteiger partial charge in [0.15, 0.2) is 0 Å². The summed E-state index contributed by atoms with van der Waals surface area (Å²) in [7, 11) is 3.56. The van der Waals surface area contributed by atoms with Gasteiger partial charge < -0.3 is 28.7 Å². The van der Waals surface area contributed by atoms with Crippen LogP contribution in [-0.2, 0) is 0 Å². The van der Waals surface area contributed by atoms with E-state index >= 15 is 0 Å². The smallest absolute Gasteiger partial charge is 0.433 e. The number of aryl methyl sites for hydroxylation is 6. The highest BCUT2D eigenvalue weighted by Crippen LogP contribution is 2.28. The van der Waals surface area contributed by atoms with E-state index in [1.54, 1.807) is 12.1 Å². The van der Waals surface area contributed by atoms with Crippen LogP contribution in [0, 0.1) is 41.5 Å². The van der Waals surface area contributed by atoms with Gasteiger partial charge in [-0.25, -0.2) is 5.01 Å². The molecule has 0 aliphatic rings. The molecule has 36 heavy (non-hydrogen) atoms. The largest absolute Gasteiger partial charge is 1.00 e. The summed E-state index contributed by atoms with van der Waals surface area (Å²) >= 11 is 0. The monoisotopic (exact) mass is 595 g/mol. The van der Waals surface area contributed by atoms with E-state index in [0.717, 1.165) is 28.8 Å². The van der Waals surface area contributed by atoms with Crippen LogP contribution in [0.2, 0.25) is 0 Å². The zero-order chi connectivity index (χ0) is 25.3. The van der Waals surface area contributed by atoms with Gasteiger partial charge in [-0.3, -0.25) is 0 Å². The second-order valence-corrected chi connectivity index (χ2v) is 9.24. The fourth-order valence-electron chi connectivity index (χ4n) is 4.89. The lowest BCUT2D eigenvalue weighted by molar-refractivity contribution is -0.581. The molecule has 7 heteroatoms. The van der Waals surface area contributed by atoms with E-state index in [9.17, 15) is 0 Å². The number of hydrogen-bond acceptors (Lipinski definition) is 3. The second-order valence-electron chi connectivity index (χ2n) is 9.24. The Bertz CT molecular complexity index is 1280. The van der Waals surface area contributed by atoms with Gasteiger partial charge in [-0.2, -0.15) is 9.13 Å². The number of rotatable bonds is 6. The van der Waals surface area contributed by atoms with Crippen molar-refractivity contribution >= 4 is 11.6 Å². The summed E-state index contributed by atoms with van der Waals surface area (Å²) in [6, 6.07) is 16.6. The van der Waals surface area contributed by atoms with Crippen molar-refractivity contribution in [2.45, 2.75) is 41.5 Å². The van der Waals surface area contributed by atoms with Crippen molar-refractivity contribution in [3.63, 3.8) is 0 Å². The van der Waals surface area contributed by atoms with E-state index in [4.69, 9.17) is 9.85 Å². The predicted molar refractivity (Wildman–Crippen MR) is 142 cm³/mol. The summed E-state index contributed by atoms with van der Waals surface area (Å²) in [6.45, 7) is 12.8. The molecule has 188 valence electrons. The fraction of sp³-hybridized carbons (Fsp3) is 0.276. The Morgan fingerprint density at radius 1 is 0.806 bits per heavy atom. The number of nitrogens with zero attached hydrogens (tertiary/aromatic N) is 5. The second kappa shape index (κ2) is 11.2. The number of ether oxygens (including phenoxy) is 1. The maximum absolute atomic E-state index is 5.28. The molecule has 0 saturated heterocycles. The topological polar surface area (TPSA) is 46.0 Å². The number of methoxy groups -OCH3 is 1. The van der Waals surface area contributed by atoms with E-state index in [1.807, 2.05) is 31.3 Å². The quantitative estimate of drug-likeness (QED) is 0.148. The molecule has 0 bridgehead atoms. The first-order valence-corrected chi connectivity index (χ1v) is 11.8. The first-order valence-electron chi connectivity index (χ1n) is 11.8. The zero-order valence-corrected chi connectivity index (χ0v) is 24.5. The van der Waals surface area contributed by atoms with Crippen LogP contribution < -0.4 is 38.3 Å². The van der Waals surface area contributed by atoms with Crippen molar-refractivity contribution in [2.24, 2.45) is 10.3 Å². The Morgan fingerprint density at radius 2 is 1.33 bits per heavy atom. The van der Waals surface area contributed by atoms with E-state index in [0.29, 0.717) is 0 Å². The van der Waals surface area contributed by atoms with Crippen LogP contribution >= 0.6 is 0 Å². The van der Waals surface area contributed by atoms with Gasteiger partial charge in [0.1, 0.15) is 29.5 Å². The van der Waals surface area contributed by atoms with Gasteiger partial charge in [0.25, 0.3) is 0 Å². The Hall–Kier alpha value is -3.20. The Morgan fingerprint density at radius 3 is 1.86 bits per heavy atom. The molecule has 0 aliphatic heterocycles.